The van der Waals surface area contributed by atoms with E-state index in [4.69, 9.17) is 21.1 Å². The van der Waals surface area contributed by atoms with E-state index in [1.54, 1.807) is 30.3 Å². The second-order valence-corrected chi connectivity index (χ2v) is 7.01. The van der Waals surface area contributed by atoms with E-state index in [9.17, 15) is 13.2 Å². The molecule has 0 aliphatic rings. The monoisotopic (exact) mass is 384 g/mol. The highest BCUT2D eigenvalue weighted by Crippen LogP contribution is 2.28. The molecule has 2 aromatic carbocycles. The van der Waals surface area contributed by atoms with Crippen molar-refractivity contribution in [2.45, 2.75) is 4.90 Å². The van der Waals surface area contributed by atoms with E-state index in [2.05, 4.69) is 10.0 Å². The second-order valence-electron chi connectivity index (χ2n) is 4.87. The molecule has 0 radical (unpaired) electrons. The smallest absolute Gasteiger partial charge is 0.244 e. The number of carbonyl (C=O) groups excluding carboxylic acids is 1. The number of ether oxygens (including phenoxy) is 2. The van der Waals surface area contributed by atoms with Crippen LogP contribution in [0.4, 0.5) is 5.69 Å². The third-order valence-corrected chi connectivity index (χ3v) is 4.98. The Bertz CT molecular complexity index is 871. The Labute approximate surface area is 151 Å². The maximum Gasteiger partial charge on any atom is 0.244 e. The number of hydrogen-bond donors (Lipinski definition) is 2. The van der Waals surface area contributed by atoms with Gasteiger partial charge in [0, 0.05) is 6.07 Å². The summed E-state index contributed by atoms with van der Waals surface area (Å²) in [5, 5.41) is 2.89. The van der Waals surface area contributed by atoms with Gasteiger partial charge in [0.25, 0.3) is 0 Å². The molecule has 0 aromatic heterocycles. The summed E-state index contributed by atoms with van der Waals surface area (Å²) in [5.41, 5.74) is 0.396. The fourth-order valence-corrected chi connectivity index (χ4v) is 3.34. The molecule has 2 aromatic rings. The largest absolute Gasteiger partial charge is 0.497 e. The van der Waals surface area contributed by atoms with Gasteiger partial charge in [0.2, 0.25) is 15.9 Å². The van der Waals surface area contributed by atoms with Crippen molar-refractivity contribution < 1.29 is 22.7 Å². The molecule has 0 unspecified atom stereocenters. The minimum atomic E-state index is -3.98. The molecule has 0 saturated heterocycles. The van der Waals surface area contributed by atoms with E-state index in [1.165, 1.54) is 26.4 Å². The van der Waals surface area contributed by atoms with Crippen LogP contribution < -0.4 is 19.5 Å². The van der Waals surface area contributed by atoms with Crippen molar-refractivity contribution in [3.63, 3.8) is 0 Å². The molecule has 0 bridgehead atoms. The summed E-state index contributed by atoms with van der Waals surface area (Å²) in [6, 6.07) is 11.0. The van der Waals surface area contributed by atoms with Gasteiger partial charge in [-0.25, -0.2) is 13.1 Å². The van der Waals surface area contributed by atoms with Gasteiger partial charge in [-0.3, -0.25) is 4.79 Å². The van der Waals surface area contributed by atoms with Gasteiger partial charge in [-0.2, -0.15) is 0 Å². The lowest BCUT2D eigenvalue weighted by Gasteiger charge is -2.12. The van der Waals surface area contributed by atoms with Crippen molar-refractivity contribution in [2.75, 3.05) is 26.1 Å². The maximum atomic E-state index is 12.5. The van der Waals surface area contributed by atoms with Crippen molar-refractivity contribution in [1.29, 1.82) is 0 Å². The van der Waals surface area contributed by atoms with Gasteiger partial charge < -0.3 is 14.8 Å². The third-order valence-electron chi connectivity index (χ3n) is 3.23. The minimum Gasteiger partial charge on any atom is -0.497 e. The van der Waals surface area contributed by atoms with Gasteiger partial charge in [-0.15, -0.1) is 0 Å². The summed E-state index contributed by atoms with van der Waals surface area (Å²) in [6.07, 6.45) is 0. The quantitative estimate of drug-likeness (QED) is 0.763. The molecule has 0 fully saturated rings. The molecule has 134 valence electrons. The van der Waals surface area contributed by atoms with Crippen molar-refractivity contribution in [3.8, 4) is 11.5 Å². The highest BCUT2D eigenvalue weighted by molar-refractivity contribution is 7.89. The fourth-order valence-electron chi connectivity index (χ4n) is 1.99. The van der Waals surface area contributed by atoms with Crippen LogP contribution in [-0.2, 0) is 14.8 Å². The first kappa shape index (κ1) is 19.0. The first-order valence-corrected chi connectivity index (χ1v) is 8.99. The maximum absolute atomic E-state index is 12.5. The van der Waals surface area contributed by atoms with Gasteiger partial charge >= 0.3 is 0 Å². The average Bonchev–Trinajstić information content (AvgIpc) is 2.61. The fraction of sp³-hybridized carbons (Fsp3) is 0.188. The van der Waals surface area contributed by atoms with Gasteiger partial charge in [0.15, 0.2) is 0 Å². The lowest BCUT2D eigenvalue weighted by Crippen LogP contribution is -2.33. The second kappa shape index (κ2) is 8.19. The number of para-hydroxylation sites is 1. The number of halogens is 1. The summed E-state index contributed by atoms with van der Waals surface area (Å²) < 4.78 is 37.2. The number of rotatable bonds is 7. The van der Waals surface area contributed by atoms with Gasteiger partial charge in [0.05, 0.1) is 31.5 Å². The highest BCUT2D eigenvalue weighted by atomic mass is 35.5. The van der Waals surface area contributed by atoms with Crippen LogP contribution in [0.15, 0.2) is 47.4 Å². The summed E-state index contributed by atoms with van der Waals surface area (Å²) in [5.74, 6) is -0.0694. The van der Waals surface area contributed by atoms with Crippen molar-refractivity contribution in [2.24, 2.45) is 0 Å². The number of sulfonamides is 1. The third kappa shape index (κ3) is 4.85. The molecule has 0 aliphatic carbocycles. The van der Waals surface area contributed by atoms with Crippen LogP contribution in [0.5, 0.6) is 11.5 Å². The molecule has 9 heteroatoms. The van der Waals surface area contributed by atoms with E-state index in [0.717, 1.165) is 0 Å². The first-order chi connectivity index (χ1) is 11.9. The molecule has 0 saturated carbocycles. The van der Waals surface area contributed by atoms with Gasteiger partial charge in [-0.1, -0.05) is 23.7 Å². The predicted octanol–water partition coefficient (Wildman–Crippen LogP) is 2.27. The van der Waals surface area contributed by atoms with Crippen LogP contribution in [0, 0.1) is 0 Å². The van der Waals surface area contributed by atoms with Crippen LogP contribution in [0.3, 0.4) is 0 Å². The number of hydrogen-bond acceptors (Lipinski definition) is 5. The molecule has 25 heavy (non-hydrogen) atoms. The summed E-state index contributed by atoms with van der Waals surface area (Å²) in [4.78, 5) is 11.8. The van der Waals surface area contributed by atoms with Crippen molar-refractivity contribution in [1.82, 2.24) is 4.72 Å². The minimum absolute atomic E-state index is 0.125. The van der Waals surface area contributed by atoms with Crippen LogP contribution in [0.2, 0.25) is 5.02 Å². The van der Waals surface area contributed by atoms with E-state index < -0.39 is 22.5 Å². The first-order valence-electron chi connectivity index (χ1n) is 7.13. The zero-order valence-electron chi connectivity index (χ0n) is 13.6. The van der Waals surface area contributed by atoms with Crippen molar-refractivity contribution >= 4 is 33.2 Å². The van der Waals surface area contributed by atoms with Gasteiger partial charge in [-0.05, 0) is 24.3 Å². The summed E-state index contributed by atoms with van der Waals surface area (Å²) >= 11 is 5.94. The van der Waals surface area contributed by atoms with Crippen LogP contribution in [-0.4, -0.2) is 35.1 Å². The standard InChI is InChI=1S/C16H17ClN2O5S/c1-23-11-7-8-14(24-2)15(9-11)25(21,22)18-10-16(20)19-13-6-4-3-5-12(13)17/h3-9,18H,10H2,1-2H3,(H,19,20). The average molecular weight is 385 g/mol. The Kier molecular flexibility index (Phi) is 6.24. The van der Waals surface area contributed by atoms with E-state index in [1.807, 2.05) is 0 Å². The zero-order valence-corrected chi connectivity index (χ0v) is 15.1. The number of nitrogens with one attached hydrogen (secondary N) is 2. The number of methoxy groups -OCH3 is 2. The summed E-state index contributed by atoms with van der Waals surface area (Å²) in [6.45, 7) is -0.464. The lowest BCUT2D eigenvalue weighted by atomic mass is 10.3. The molecule has 0 heterocycles. The Balaban J connectivity index is 2.11. The van der Waals surface area contributed by atoms with Crippen LogP contribution in [0.25, 0.3) is 0 Å². The SMILES string of the molecule is COc1ccc(OC)c(S(=O)(=O)NCC(=O)Nc2ccccc2Cl)c1. The molecule has 0 atom stereocenters. The molecular formula is C16H17ClN2O5S. The Morgan fingerprint density at radius 2 is 1.84 bits per heavy atom. The molecular weight excluding hydrogens is 368 g/mol. The Morgan fingerprint density at radius 3 is 2.48 bits per heavy atom. The van der Waals surface area contributed by atoms with E-state index in [0.29, 0.717) is 16.5 Å². The number of carbonyl (C=O) groups is 1. The Hall–Kier alpha value is -2.29. The normalized spacial score (nSPS) is 11.0. The Morgan fingerprint density at radius 1 is 1.12 bits per heavy atom. The summed E-state index contributed by atoms with van der Waals surface area (Å²) in [7, 11) is -1.21. The molecule has 1 amide bonds. The number of amides is 1. The van der Waals surface area contributed by atoms with Crippen molar-refractivity contribution in [3.05, 3.63) is 47.5 Å². The molecule has 0 spiro atoms. The molecule has 0 aliphatic heterocycles. The zero-order chi connectivity index (χ0) is 18.4. The molecule has 7 nitrogen and oxygen atoms in total. The van der Waals surface area contributed by atoms with Crippen LogP contribution >= 0.6 is 11.6 Å². The van der Waals surface area contributed by atoms with E-state index in [-0.39, 0.29) is 10.6 Å². The molecule has 2 N–H and O–H groups in total. The number of benzene rings is 2. The predicted molar refractivity (Wildman–Crippen MR) is 94.8 cm³/mol. The van der Waals surface area contributed by atoms with E-state index >= 15 is 0 Å². The number of anilines is 1. The van der Waals surface area contributed by atoms with Gasteiger partial charge in [0.1, 0.15) is 16.4 Å². The lowest BCUT2D eigenvalue weighted by molar-refractivity contribution is -0.115. The topological polar surface area (TPSA) is 93.7 Å². The molecule has 2 rings (SSSR count). The highest BCUT2D eigenvalue weighted by Gasteiger charge is 2.21. The van der Waals surface area contributed by atoms with Crippen LogP contribution in [0.1, 0.15) is 0 Å².